The molecule has 1 saturated carbocycles. The van der Waals surface area contributed by atoms with Gasteiger partial charge < -0.3 is 10.6 Å². The van der Waals surface area contributed by atoms with E-state index in [1.807, 2.05) is 0 Å². The number of nitrogens with zero attached hydrogens (tertiary/aromatic N) is 2. The smallest absolute Gasteiger partial charge is 0.288 e. The number of amides is 1. The Balaban J connectivity index is 2.24. The quantitative estimate of drug-likeness (QED) is 0.635. The molecule has 1 atom stereocenters. The third-order valence-corrected chi connectivity index (χ3v) is 3.38. The van der Waals surface area contributed by atoms with E-state index < -0.39 is 4.92 Å². The fourth-order valence-corrected chi connectivity index (χ4v) is 1.88. The summed E-state index contributed by atoms with van der Waals surface area (Å²) in [4.78, 5) is 26.2. The largest absolute Gasteiger partial charge is 0.372 e. The highest BCUT2D eigenvalue weighted by molar-refractivity contribution is 5.99. The minimum Gasteiger partial charge on any atom is -0.372 e. The molecule has 19 heavy (non-hydrogen) atoms. The molecule has 0 aliphatic heterocycles. The summed E-state index contributed by atoms with van der Waals surface area (Å²) >= 11 is 0. The van der Waals surface area contributed by atoms with Gasteiger partial charge in [0.1, 0.15) is 12.0 Å². The van der Waals surface area contributed by atoms with Gasteiger partial charge in [-0.25, -0.2) is 4.98 Å². The predicted molar refractivity (Wildman–Crippen MR) is 70.1 cm³/mol. The van der Waals surface area contributed by atoms with Crippen LogP contribution >= 0.6 is 0 Å². The second-order valence-electron chi connectivity index (χ2n) is 5.32. The summed E-state index contributed by atoms with van der Waals surface area (Å²) in [5.74, 6) is -0.00215. The zero-order valence-corrected chi connectivity index (χ0v) is 11.1. The maximum Gasteiger partial charge on any atom is 0.288 e. The molecule has 1 heterocycles. The molecule has 1 unspecified atom stereocenters. The third-order valence-electron chi connectivity index (χ3n) is 3.38. The molecule has 1 aromatic heterocycles. The van der Waals surface area contributed by atoms with Gasteiger partial charge in [-0.2, -0.15) is 0 Å². The number of nitro groups is 1. The molecule has 0 bridgehead atoms. The Hall–Kier alpha value is -2.18. The molecule has 2 rings (SSSR count). The van der Waals surface area contributed by atoms with Crippen molar-refractivity contribution < 1.29 is 9.72 Å². The molecule has 1 amide bonds. The van der Waals surface area contributed by atoms with E-state index in [-0.39, 0.29) is 28.6 Å². The van der Waals surface area contributed by atoms with Gasteiger partial charge in [-0.15, -0.1) is 0 Å². The van der Waals surface area contributed by atoms with Crippen molar-refractivity contribution in [3.05, 3.63) is 27.9 Å². The maximum atomic E-state index is 12.1. The van der Waals surface area contributed by atoms with Crippen LogP contribution in [0.15, 0.2) is 12.3 Å². The van der Waals surface area contributed by atoms with Crippen molar-refractivity contribution in [1.82, 2.24) is 10.3 Å². The summed E-state index contributed by atoms with van der Waals surface area (Å²) < 4.78 is 0. The normalized spacial score (nSPS) is 19.6. The van der Waals surface area contributed by atoms with Gasteiger partial charge in [-0.3, -0.25) is 14.9 Å². The van der Waals surface area contributed by atoms with Gasteiger partial charge in [0.15, 0.2) is 0 Å². The second kappa shape index (κ2) is 4.49. The lowest BCUT2D eigenvalue weighted by Crippen LogP contribution is -2.29. The molecule has 0 radical (unpaired) electrons. The molecule has 2 N–H and O–H groups in total. The Bertz CT molecular complexity index is 542. The van der Waals surface area contributed by atoms with E-state index in [2.05, 4.69) is 29.5 Å². The van der Waals surface area contributed by atoms with Crippen LogP contribution in [-0.4, -0.2) is 28.9 Å². The number of hydrogen-bond donors (Lipinski definition) is 2. The molecule has 1 aromatic rings. The molecule has 7 heteroatoms. The Morgan fingerprint density at radius 1 is 1.58 bits per heavy atom. The van der Waals surface area contributed by atoms with Crippen LogP contribution in [0.25, 0.3) is 0 Å². The van der Waals surface area contributed by atoms with Crippen LogP contribution in [0.5, 0.6) is 0 Å². The van der Waals surface area contributed by atoms with Crippen LogP contribution in [0.3, 0.4) is 0 Å². The van der Waals surface area contributed by atoms with E-state index in [0.29, 0.717) is 5.82 Å². The first-order valence-corrected chi connectivity index (χ1v) is 5.98. The SMILES string of the molecule is CNc1ncc([N+](=O)[O-])cc1C(=O)NC1CC1(C)C. The monoisotopic (exact) mass is 264 g/mol. The van der Waals surface area contributed by atoms with E-state index in [4.69, 9.17) is 0 Å². The fraction of sp³-hybridized carbons (Fsp3) is 0.500. The van der Waals surface area contributed by atoms with E-state index in [1.54, 1.807) is 7.05 Å². The number of nitrogens with one attached hydrogen (secondary N) is 2. The highest BCUT2D eigenvalue weighted by Crippen LogP contribution is 2.44. The van der Waals surface area contributed by atoms with E-state index in [1.165, 1.54) is 6.07 Å². The average Bonchev–Trinajstić information content (AvgIpc) is 2.95. The van der Waals surface area contributed by atoms with Crippen LogP contribution in [-0.2, 0) is 0 Å². The van der Waals surface area contributed by atoms with Crippen molar-refractivity contribution in [2.75, 3.05) is 12.4 Å². The summed E-state index contributed by atoms with van der Waals surface area (Å²) in [7, 11) is 1.62. The number of anilines is 1. The van der Waals surface area contributed by atoms with E-state index in [0.717, 1.165) is 12.6 Å². The molecule has 1 aliphatic carbocycles. The van der Waals surface area contributed by atoms with Gasteiger partial charge in [0.25, 0.3) is 11.6 Å². The summed E-state index contributed by atoms with van der Waals surface area (Å²) in [6.45, 7) is 4.12. The van der Waals surface area contributed by atoms with Gasteiger partial charge in [0.2, 0.25) is 0 Å². The Kier molecular flexibility index (Phi) is 3.13. The number of aromatic nitrogens is 1. The maximum absolute atomic E-state index is 12.1. The van der Waals surface area contributed by atoms with E-state index >= 15 is 0 Å². The molecule has 0 saturated heterocycles. The van der Waals surface area contributed by atoms with Crippen molar-refractivity contribution in [3.8, 4) is 0 Å². The fourth-order valence-electron chi connectivity index (χ4n) is 1.88. The minimum absolute atomic E-state index is 0.101. The lowest BCUT2D eigenvalue weighted by Gasteiger charge is -2.10. The lowest BCUT2D eigenvalue weighted by atomic mass is 10.1. The van der Waals surface area contributed by atoms with Gasteiger partial charge >= 0.3 is 0 Å². The van der Waals surface area contributed by atoms with Gasteiger partial charge in [0, 0.05) is 19.2 Å². The lowest BCUT2D eigenvalue weighted by molar-refractivity contribution is -0.385. The molecular formula is C12H16N4O3. The first kappa shape index (κ1) is 13.3. The highest BCUT2D eigenvalue weighted by atomic mass is 16.6. The van der Waals surface area contributed by atoms with Crippen LogP contribution < -0.4 is 10.6 Å². The molecular weight excluding hydrogens is 248 g/mol. The van der Waals surface area contributed by atoms with Crippen molar-refractivity contribution in [1.29, 1.82) is 0 Å². The van der Waals surface area contributed by atoms with Gasteiger partial charge in [-0.05, 0) is 11.8 Å². The van der Waals surface area contributed by atoms with Crippen LogP contribution in [0.1, 0.15) is 30.6 Å². The molecule has 1 fully saturated rings. The minimum atomic E-state index is -0.565. The molecule has 102 valence electrons. The third kappa shape index (κ3) is 2.64. The zero-order chi connectivity index (χ0) is 14.2. The molecule has 0 spiro atoms. The molecule has 0 aromatic carbocycles. The highest BCUT2D eigenvalue weighted by Gasteiger charge is 2.46. The van der Waals surface area contributed by atoms with Crippen molar-refractivity contribution in [2.45, 2.75) is 26.3 Å². The second-order valence-corrected chi connectivity index (χ2v) is 5.32. The number of carbonyl (C=O) groups excluding carboxylic acids is 1. The van der Waals surface area contributed by atoms with Crippen molar-refractivity contribution >= 4 is 17.4 Å². The van der Waals surface area contributed by atoms with Crippen LogP contribution in [0, 0.1) is 15.5 Å². The summed E-state index contributed by atoms with van der Waals surface area (Å²) in [6.07, 6.45) is 2.04. The number of carbonyl (C=O) groups is 1. The summed E-state index contributed by atoms with van der Waals surface area (Å²) in [5.41, 5.74) is 0.0995. The summed E-state index contributed by atoms with van der Waals surface area (Å²) in [6, 6.07) is 1.35. The van der Waals surface area contributed by atoms with Crippen LogP contribution in [0.4, 0.5) is 11.5 Å². The number of pyridine rings is 1. The average molecular weight is 264 g/mol. The van der Waals surface area contributed by atoms with Crippen LogP contribution in [0.2, 0.25) is 0 Å². The zero-order valence-electron chi connectivity index (χ0n) is 11.1. The summed E-state index contributed by atoms with van der Waals surface area (Å²) in [5, 5.41) is 16.3. The van der Waals surface area contributed by atoms with Gasteiger partial charge in [-0.1, -0.05) is 13.8 Å². The Morgan fingerprint density at radius 3 is 2.68 bits per heavy atom. The first-order chi connectivity index (χ1) is 8.85. The van der Waals surface area contributed by atoms with Gasteiger partial charge in [0.05, 0.1) is 10.5 Å². The molecule has 1 aliphatic rings. The standard InChI is InChI=1S/C12H16N4O3/c1-12(2)5-9(12)15-11(17)8-4-7(16(18)19)6-14-10(8)13-3/h4,6,9H,5H2,1-3H3,(H,13,14)(H,15,17). The van der Waals surface area contributed by atoms with Crippen molar-refractivity contribution in [3.63, 3.8) is 0 Å². The number of hydrogen-bond acceptors (Lipinski definition) is 5. The first-order valence-electron chi connectivity index (χ1n) is 5.98. The Morgan fingerprint density at radius 2 is 2.21 bits per heavy atom. The topological polar surface area (TPSA) is 97.2 Å². The Labute approximate surface area is 110 Å². The predicted octanol–water partition coefficient (Wildman–Crippen LogP) is 1.56. The number of rotatable bonds is 4. The molecule has 7 nitrogen and oxygen atoms in total. The van der Waals surface area contributed by atoms with E-state index in [9.17, 15) is 14.9 Å². The van der Waals surface area contributed by atoms with Crippen molar-refractivity contribution in [2.24, 2.45) is 5.41 Å².